The van der Waals surface area contributed by atoms with Crippen LogP contribution in [0.1, 0.15) is 29.8 Å². The molecule has 1 saturated heterocycles. The summed E-state index contributed by atoms with van der Waals surface area (Å²) in [6.07, 6.45) is -13.3. The van der Waals surface area contributed by atoms with E-state index in [0.717, 1.165) is 4.90 Å². The van der Waals surface area contributed by atoms with Crippen molar-refractivity contribution >= 4 is 17.8 Å². The van der Waals surface area contributed by atoms with E-state index in [1.54, 1.807) is 0 Å². The van der Waals surface area contributed by atoms with Crippen molar-refractivity contribution in [3.63, 3.8) is 0 Å². The van der Waals surface area contributed by atoms with Gasteiger partial charge in [0.15, 0.2) is 0 Å². The lowest BCUT2D eigenvalue weighted by molar-refractivity contribution is -0.308. The third-order valence-corrected chi connectivity index (χ3v) is 4.43. The fraction of sp³-hybridized carbons (Fsp3) is 0.625. The van der Waals surface area contributed by atoms with Crippen molar-refractivity contribution in [1.29, 1.82) is 0 Å². The number of alkyl halides is 6. The predicted molar refractivity (Wildman–Crippen MR) is 90.3 cm³/mol. The molecule has 0 saturated carbocycles. The molecule has 2 heterocycles. The maximum Gasteiger partial charge on any atom is 0.434 e. The van der Waals surface area contributed by atoms with Gasteiger partial charge in [-0.25, -0.2) is 9.78 Å². The van der Waals surface area contributed by atoms with Gasteiger partial charge in [0.2, 0.25) is 0 Å². The van der Waals surface area contributed by atoms with Crippen LogP contribution >= 0.6 is 0 Å². The van der Waals surface area contributed by atoms with Gasteiger partial charge in [0.25, 0.3) is 12.0 Å². The Kier molecular flexibility index (Phi) is 7.31. The average Bonchev–Trinajstić information content (AvgIpc) is 2.65. The van der Waals surface area contributed by atoms with Crippen LogP contribution in [0, 0.1) is 5.92 Å². The number of aromatic nitrogens is 2. The monoisotopic (exact) mass is 443 g/mol. The molecule has 0 aromatic carbocycles. The number of halogens is 6. The number of rotatable bonds is 6. The lowest BCUT2D eigenvalue weighted by Gasteiger charge is -2.33. The molecule has 0 spiro atoms. The molecule has 1 aromatic rings. The molecule has 2 amide bonds. The highest BCUT2D eigenvalue weighted by Crippen LogP contribution is 2.36. The number of nitrogens with one attached hydrogen (secondary N) is 1. The number of carbonyl (C=O) groups excluding carboxylic acids is 2. The van der Waals surface area contributed by atoms with Crippen LogP contribution in [0.2, 0.25) is 0 Å². The van der Waals surface area contributed by atoms with Crippen molar-refractivity contribution < 1.29 is 40.7 Å². The molecule has 3 N–H and O–H groups in total. The van der Waals surface area contributed by atoms with Crippen molar-refractivity contribution in [3.05, 3.63) is 18.1 Å². The molecule has 0 atom stereocenters. The first kappa shape index (κ1) is 23.5. The Morgan fingerprint density at radius 2 is 1.77 bits per heavy atom. The highest BCUT2D eigenvalue weighted by atomic mass is 19.4. The predicted octanol–water partition coefficient (Wildman–Crippen LogP) is 2.72. The van der Waals surface area contributed by atoms with Gasteiger partial charge in [-0.1, -0.05) is 0 Å². The van der Waals surface area contributed by atoms with E-state index in [2.05, 4.69) is 20.0 Å². The Labute approximate surface area is 166 Å². The van der Waals surface area contributed by atoms with E-state index in [1.807, 2.05) is 0 Å². The third kappa shape index (κ3) is 6.62. The number of anilines is 1. The first-order chi connectivity index (χ1) is 13.9. The molecule has 0 unspecified atom stereocenters. The molecule has 2 rings (SSSR count). The minimum absolute atomic E-state index is 0.0113. The molecule has 30 heavy (non-hydrogen) atoms. The standard InChI is InChI=1S/C16H19F6N5O3/c17-15(18,19)13(16(20,21)22)30-14(29)27-5-2-9(3-6-27)1-4-25-11-8-24-7-10(26-11)12(23)28/h7-9,13H,1-6H2,(H2,23,28)(H,25,26). The van der Waals surface area contributed by atoms with Gasteiger partial charge in [0.05, 0.1) is 12.4 Å². The molecule has 1 aliphatic heterocycles. The van der Waals surface area contributed by atoms with Crippen LogP contribution in [-0.2, 0) is 4.74 Å². The number of nitrogens with zero attached hydrogens (tertiary/aromatic N) is 3. The van der Waals surface area contributed by atoms with Crippen LogP contribution in [-0.4, -0.2) is 65.0 Å². The van der Waals surface area contributed by atoms with E-state index in [-0.39, 0.29) is 24.7 Å². The fourth-order valence-electron chi connectivity index (χ4n) is 2.87. The lowest BCUT2D eigenvalue weighted by Crippen LogP contribution is -2.49. The summed E-state index contributed by atoms with van der Waals surface area (Å²) in [6.45, 7) is 0.377. The number of hydrogen-bond donors (Lipinski definition) is 2. The van der Waals surface area contributed by atoms with Gasteiger partial charge < -0.3 is 20.7 Å². The number of carbonyl (C=O) groups is 2. The normalized spacial score (nSPS) is 15.9. The second-order valence-corrected chi connectivity index (χ2v) is 6.65. The lowest BCUT2D eigenvalue weighted by atomic mass is 9.94. The summed E-state index contributed by atoms with van der Waals surface area (Å²) in [6, 6.07) is 0. The maximum absolute atomic E-state index is 12.5. The first-order valence-corrected chi connectivity index (χ1v) is 8.82. The van der Waals surface area contributed by atoms with E-state index in [9.17, 15) is 35.9 Å². The Balaban J connectivity index is 1.78. The van der Waals surface area contributed by atoms with Crippen LogP contribution in [0.15, 0.2) is 12.4 Å². The summed E-state index contributed by atoms with van der Waals surface area (Å²) in [4.78, 5) is 31.4. The Morgan fingerprint density at radius 3 is 2.30 bits per heavy atom. The summed E-state index contributed by atoms with van der Waals surface area (Å²) >= 11 is 0. The summed E-state index contributed by atoms with van der Waals surface area (Å²) in [5.74, 6) is -0.323. The maximum atomic E-state index is 12.5. The molecule has 14 heteroatoms. The fourth-order valence-corrected chi connectivity index (χ4v) is 2.87. The number of ether oxygens (including phenoxy) is 1. The summed E-state index contributed by atoms with van der Waals surface area (Å²) in [7, 11) is 0. The van der Waals surface area contributed by atoms with Crippen LogP contribution in [0.3, 0.4) is 0 Å². The second kappa shape index (κ2) is 9.34. The average molecular weight is 443 g/mol. The molecule has 1 aromatic heterocycles. The van der Waals surface area contributed by atoms with E-state index in [1.165, 1.54) is 12.4 Å². The van der Waals surface area contributed by atoms with Crippen molar-refractivity contribution in [3.8, 4) is 0 Å². The Hall–Kier alpha value is -2.80. The second-order valence-electron chi connectivity index (χ2n) is 6.65. The van der Waals surface area contributed by atoms with Crippen LogP contribution < -0.4 is 11.1 Å². The van der Waals surface area contributed by atoms with Gasteiger partial charge in [-0.2, -0.15) is 26.3 Å². The van der Waals surface area contributed by atoms with E-state index < -0.39 is 30.5 Å². The molecule has 1 fully saturated rings. The molecular formula is C16H19F6N5O3. The van der Waals surface area contributed by atoms with Crippen LogP contribution in [0.4, 0.5) is 37.0 Å². The van der Waals surface area contributed by atoms with Crippen molar-refractivity contribution in [2.75, 3.05) is 25.0 Å². The van der Waals surface area contributed by atoms with Gasteiger partial charge >= 0.3 is 18.4 Å². The number of primary amides is 1. The smallest absolute Gasteiger partial charge is 0.426 e. The largest absolute Gasteiger partial charge is 0.434 e. The van der Waals surface area contributed by atoms with Crippen molar-refractivity contribution in [2.45, 2.75) is 37.7 Å². The molecule has 168 valence electrons. The molecule has 0 bridgehead atoms. The van der Waals surface area contributed by atoms with Gasteiger partial charge in [0, 0.05) is 19.6 Å². The van der Waals surface area contributed by atoms with E-state index >= 15 is 0 Å². The summed E-state index contributed by atoms with van der Waals surface area (Å²) in [5.41, 5.74) is 5.10. The summed E-state index contributed by atoms with van der Waals surface area (Å²) < 4.78 is 78.7. The number of piperidine rings is 1. The van der Waals surface area contributed by atoms with Gasteiger partial charge in [-0.05, 0) is 25.2 Å². The zero-order valence-electron chi connectivity index (χ0n) is 15.5. The van der Waals surface area contributed by atoms with E-state index in [4.69, 9.17) is 5.73 Å². The Morgan fingerprint density at radius 1 is 1.17 bits per heavy atom. The van der Waals surface area contributed by atoms with E-state index in [0.29, 0.717) is 31.6 Å². The molecule has 0 aliphatic carbocycles. The van der Waals surface area contributed by atoms with Crippen molar-refractivity contribution in [2.24, 2.45) is 11.7 Å². The summed E-state index contributed by atoms with van der Waals surface area (Å²) in [5, 5.41) is 2.94. The van der Waals surface area contributed by atoms with Crippen LogP contribution in [0.5, 0.6) is 0 Å². The zero-order chi connectivity index (χ0) is 22.5. The minimum Gasteiger partial charge on any atom is -0.426 e. The number of likely N-dealkylation sites (tertiary alicyclic amines) is 1. The number of hydrogen-bond acceptors (Lipinski definition) is 6. The highest BCUT2D eigenvalue weighted by molar-refractivity contribution is 5.90. The Bertz CT molecular complexity index is 736. The minimum atomic E-state index is -5.74. The first-order valence-electron chi connectivity index (χ1n) is 8.82. The molecule has 0 radical (unpaired) electrons. The topological polar surface area (TPSA) is 110 Å². The highest BCUT2D eigenvalue weighted by Gasteiger charge is 2.60. The zero-order valence-corrected chi connectivity index (χ0v) is 15.5. The van der Waals surface area contributed by atoms with Gasteiger partial charge in [-0.15, -0.1) is 0 Å². The number of amides is 2. The van der Waals surface area contributed by atoms with Crippen molar-refractivity contribution in [1.82, 2.24) is 14.9 Å². The molecule has 1 aliphatic rings. The molecule has 8 nitrogen and oxygen atoms in total. The third-order valence-electron chi connectivity index (χ3n) is 4.43. The molecular weight excluding hydrogens is 424 g/mol. The number of nitrogens with two attached hydrogens (primary N) is 1. The van der Waals surface area contributed by atoms with Gasteiger partial charge in [0.1, 0.15) is 11.5 Å². The van der Waals surface area contributed by atoms with Crippen LogP contribution in [0.25, 0.3) is 0 Å². The van der Waals surface area contributed by atoms with Gasteiger partial charge in [-0.3, -0.25) is 9.78 Å². The SMILES string of the molecule is NC(=O)c1cncc(NCCC2CCN(C(=O)OC(C(F)(F)F)C(F)(F)F)CC2)n1. The quantitative estimate of drug-likeness (QED) is 0.655.